The lowest BCUT2D eigenvalue weighted by atomic mass is 10.1. The third-order valence-corrected chi connectivity index (χ3v) is 3.93. The SMILES string of the molecule is Cc1ccc(C(=O)NC2CC2)cc1NC(=O)C[C@@H]1NC(=O)NC1=O. The summed E-state index contributed by atoms with van der Waals surface area (Å²) in [5.41, 5.74) is 1.77. The van der Waals surface area contributed by atoms with E-state index in [4.69, 9.17) is 0 Å². The van der Waals surface area contributed by atoms with Crippen LogP contribution in [0, 0.1) is 6.92 Å². The highest BCUT2D eigenvalue weighted by molar-refractivity contribution is 6.07. The van der Waals surface area contributed by atoms with E-state index in [9.17, 15) is 19.2 Å². The molecule has 4 N–H and O–H groups in total. The first-order valence-electron chi connectivity index (χ1n) is 7.75. The average Bonchev–Trinajstić information content (AvgIpc) is 3.26. The Morgan fingerprint density at radius 1 is 1.25 bits per heavy atom. The highest BCUT2D eigenvalue weighted by Gasteiger charge is 2.31. The Balaban J connectivity index is 1.65. The van der Waals surface area contributed by atoms with Crippen molar-refractivity contribution in [2.45, 2.75) is 38.3 Å². The van der Waals surface area contributed by atoms with Crippen molar-refractivity contribution in [1.29, 1.82) is 0 Å². The molecule has 0 aromatic heterocycles. The third kappa shape index (κ3) is 3.70. The van der Waals surface area contributed by atoms with E-state index in [1.165, 1.54) is 0 Å². The summed E-state index contributed by atoms with van der Waals surface area (Å²) in [6.07, 6.45) is 1.82. The van der Waals surface area contributed by atoms with Crippen LogP contribution >= 0.6 is 0 Å². The van der Waals surface area contributed by atoms with Gasteiger partial charge < -0.3 is 16.0 Å². The van der Waals surface area contributed by atoms with E-state index in [2.05, 4.69) is 21.3 Å². The van der Waals surface area contributed by atoms with Gasteiger partial charge in [0.15, 0.2) is 0 Å². The number of anilines is 1. The number of imide groups is 1. The summed E-state index contributed by atoms with van der Waals surface area (Å²) in [5.74, 6) is -1.11. The molecule has 1 heterocycles. The van der Waals surface area contributed by atoms with Crippen LogP contribution in [0.15, 0.2) is 18.2 Å². The topological polar surface area (TPSA) is 116 Å². The second-order valence-electron chi connectivity index (χ2n) is 6.05. The molecule has 24 heavy (non-hydrogen) atoms. The first-order chi connectivity index (χ1) is 11.4. The summed E-state index contributed by atoms with van der Waals surface area (Å²) in [6.45, 7) is 1.81. The van der Waals surface area contributed by atoms with Crippen LogP contribution in [0.5, 0.6) is 0 Å². The van der Waals surface area contributed by atoms with Crippen LogP contribution in [0.25, 0.3) is 0 Å². The van der Waals surface area contributed by atoms with Crippen molar-refractivity contribution in [3.63, 3.8) is 0 Å². The number of carbonyl (C=O) groups is 4. The predicted octanol–water partition coefficient (Wildman–Crippen LogP) is 0.424. The summed E-state index contributed by atoms with van der Waals surface area (Å²) >= 11 is 0. The zero-order valence-electron chi connectivity index (χ0n) is 13.1. The molecule has 0 bridgehead atoms. The van der Waals surface area contributed by atoms with E-state index in [0.717, 1.165) is 18.4 Å². The number of aryl methyl sites for hydroxylation is 1. The van der Waals surface area contributed by atoms with Crippen LogP contribution in [0.3, 0.4) is 0 Å². The number of nitrogens with one attached hydrogen (secondary N) is 4. The van der Waals surface area contributed by atoms with Gasteiger partial charge in [-0.1, -0.05) is 6.07 Å². The van der Waals surface area contributed by atoms with E-state index in [1.807, 2.05) is 6.92 Å². The van der Waals surface area contributed by atoms with Crippen molar-refractivity contribution >= 4 is 29.4 Å². The molecule has 1 aromatic carbocycles. The van der Waals surface area contributed by atoms with Crippen LogP contribution in [-0.2, 0) is 9.59 Å². The lowest BCUT2D eigenvalue weighted by Crippen LogP contribution is -2.33. The van der Waals surface area contributed by atoms with Gasteiger partial charge in [-0.2, -0.15) is 0 Å². The smallest absolute Gasteiger partial charge is 0.322 e. The number of urea groups is 1. The van der Waals surface area contributed by atoms with Gasteiger partial charge in [0.1, 0.15) is 6.04 Å². The summed E-state index contributed by atoms with van der Waals surface area (Å²) in [6, 6.07) is 3.83. The van der Waals surface area contributed by atoms with Gasteiger partial charge in [0.2, 0.25) is 5.91 Å². The number of hydrogen-bond acceptors (Lipinski definition) is 4. The van der Waals surface area contributed by atoms with Gasteiger partial charge in [0, 0.05) is 17.3 Å². The lowest BCUT2D eigenvalue weighted by molar-refractivity contribution is -0.124. The molecule has 1 saturated heterocycles. The van der Waals surface area contributed by atoms with Gasteiger partial charge in [0.25, 0.3) is 11.8 Å². The Morgan fingerprint density at radius 2 is 2.00 bits per heavy atom. The van der Waals surface area contributed by atoms with E-state index >= 15 is 0 Å². The molecule has 0 unspecified atom stereocenters. The molecule has 0 radical (unpaired) electrons. The molecule has 8 heteroatoms. The summed E-state index contributed by atoms with van der Waals surface area (Å²) in [5, 5.41) is 10.0. The van der Waals surface area contributed by atoms with Crippen LogP contribution in [0.1, 0.15) is 35.2 Å². The Morgan fingerprint density at radius 3 is 2.62 bits per heavy atom. The van der Waals surface area contributed by atoms with Gasteiger partial charge in [-0.05, 0) is 37.5 Å². The second kappa shape index (κ2) is 6.31. The number of carbonyl (C=O) groups excluding carboxylic acids is 4. The zero-order chi connectivity index (χ0) is 17.3. The van der Waals surface area contributed by atoms with Gasteiger partial charge in [0.05, 0.1) is 6.42 Å². The second-order valence-corrected chi connectivity index (χ2v) is 6.05. The van der Waals surface area contributed by atoms with Crippen LogP contribution < -0.4 is 21.3 Å². The summed E-state index contributed by atoms with van der Waals surface area (Å²) in [4.78, 5) is 46.7. The fraction of sp³-hybridized carbons (Fsp3) is 0.375. The molecule has 1 aromatic rings. The number of amides is 5. The highest BCUT2D eigenvalue weighted by Crippen LogP contribution is 2.21. The Hall–Kier alpha value is -2.90. The third-order valence-electron chi connectivity index (χ3n) is 3.93. The highest BCUT2D eigenvalue weighted by atomic mass is 16.2. The molecule has 1 aliphatic carbocycles. The molecular weight excluding hydrogens is 312 g/mol. The molecule has 126 valence electrons. The van der Waals surface area contributed by atoms with Crippen molar-refractivity contribution in [2.75, 3.05) is 5.32 Å². The number of rotatable bonds is 5. The van der Waals surface area contributed by atoms with E-state index < -0.39 is 23.9 Å². The maximum atomic E-state index is 12.1. The average molecular weight is 330 g/mol. The van der Waals surface area contributed by atoms with Crippen molar-refractivity contribution in [3.05, 3.63) is 29.3 Å². The molecule has 5 amide bonds. The fourth-order valence-electron chi connectivity index (χ4n) is 2.38. The van der Waals surface area contributed by atoms with Gasteiger partial charge in [-0.15, -0.1) is 0 Å². The number of hydrogen-bond donors (Lipinski definition) is 4. The van der Waals surface area contributed by atoms with Crippen LogP contribution in [0.2, 0.25) is 0 Å². The minimum Gasteiger partial charge on any atom is -0.349 e. The molecule has 1 saturated carbocycles. The van der Waals surface area contributed by atoms with Gasteiger partial charge in [-0.25, -0.2) is 4.79 Å². The fourth-order valence-corrected chi connectivity index (χ4v) is 2.38. The molecule has 3 rings (SSSR count). The largest absolute Gasteiger partial charge is 0.349 e. The number of benzene rings is 1. The van der Waals surface area contributed by atoms with E-state index in [-0.39, 0.29) is 18.4 Å². The molecule has 1 aliphatic heterocycles. The molecular formula is C16H18N4O4. The first-order valence-corrected chi connectivity index (χ1v) is 7.75. The van der Waals surface area contributed by atoms with Crippen molar-refractivity contribution < 1.29 is 19.2 Å². The Labute approximate surface area is 138 Å². The monoisotopic (exact) mass is 330 g/mol. The summed E-state index contributed by atoms with van der Waals surface area (Å²) in [7, 11) is 0. The van der Waals surface area contributed by atoms with Gasteiger partial charge >= 0.3 is 6.03 Å². The summed E-state index contributed by atoms with van der Waals surface area (Å²) < 4.78 is 0. The minimum absolute atomic E-state index is 0.171. The minimum atomic E-state index is -0.876. The maximum absolute atomic E-state index is 12.1. The van der Waals surface area contributed by atoms with Crippen LogP contribution in [-0.4, -0.2) is 35.8 Å². The normalized spacial score (nSPS) is 19.5. The maximum Gasteiger partial charge on any atom is 0.322 e. The zero-order valence-corrected chi connectivity index (χ0v) is 13.1. The van der Waals surface area contributed by atoms with Gasteiger partial charge in [-0.3, -0.25) is 19.7 Å². The lowest BCUT2D eigenvalue weighted by Gasteiger charge is -2.12. The standard InChI is InChI=1S/C16H18N4O4/c1-8-2-3-9(14(22)17-10-4-5-10)6-11(8)18-13(21)7-12-15(23)20-16(24)19-12/h2-3,6,10,12H,4-5,7H2,1H3,(H,17,22)(H,18,21)(H2,19,20,23,24)/t12-/m0/s1. The first kappa shape index (κ1) is 16.0. The molecule has 0 spiro atoms. The molecule has 2 aliphatic rings. The van der Waals surface area contributed by atoms with Crippen LogP contribution in [0.4, 0.5) is 10.5 Å². The quantitative estimate of drug-likeness (QED) is 0.586. The molecule has 1 atom stereocenters. The van der Waals surface area contributed by atoms with Crippen molar-refractivity contribution in [1.82, 2.24) is 16.0 Å². The predicted molar refractivity (Wildman–Crippen MR) is 85.4 cm³/mol. The van der Waals surface area contributed by atoms with E-state index in [0.29, 0.717) is 11.3 Å². The van der Waals surface area contributed by atoms with Crippen molar-refractivity contribution in [2.24, 2.45) is 0 Å². The van der Waals surface area contributed by atoms with E-state index in [1.54, 1.807) is 18.2 Å². The van der Waals surface area contributed by atoms with Crippen molar-refractivity contribution in [3.8, 4) is 0 Å². The Bertz CT molecular complexity index is 727. The Kier molecular flexibility index (Phi) is 4.20. The molecule has 8 nitrogen and oxygen atoms in total. The molecule has 2 fully saturated rings.